The Balaban J connectivity index is 1.46. The Morgan fingerprint density at radius 2 is 2.08 bits per heavy atom. The molecule has 4 rings (SSSR count). The molecule has 1 aromatic carbocycles. The molecule has 2 fully saturated rings. The highest BCUT2D eigenvalue weighted by Gasteiger charge is 2.48. The molecular formula is C19H23FN4O. The number of nitrogens with one attached hydrogen (secondary N) is 1. The molecule has 1 aromatic heterocycles. The number of piperidine rings is 1. The smallest absolute Gasteiger partial charge is 0.230 e. The van der Waals surface area contributed by atoms with Crippen LogP contribution in [-0.4, -0.2) is 45.3 Å². The van der Waals surface area contributed by atoms with Crippen molar-refractivity contribution in [3.63, 3.8) is 0 Å². The second-order valence-electron chi connectivity index (χ2n) is 7.20. The van der Waals surface area contributed by atoms with Gasteiger partial charge in [0.25, 0.3) is 0 Å². The van der Waals surface area contributed by atoms with Gasteiger partial charge in [0, 0.05) is 37.6 Å². The number of carbonyl (C=O) groups is 1. The van der Waals surface area contributed by atoms with Gasteiger partial charge in [-0.3, -0.25) is 9.69 Å². The second-order valence-corrected chi connectivity index (χ2v) is 7.20. The number of hydrogen-bond donors (Lipinski definition) is 1. The van der Waals surface area contributed by atoms with Gasteiger partial charge in [-0.1, -0.05) is 18.2 Å². The summed E-state index contributed by atoms with van der Waals surface area (Å²) in [4.78, 5) is 24.7. The Bertz CT molecular complexity index is 748. The maximum Gasteiger partial charge on any atom is 0.230 e. The summed E-state index contributed by atoms with van der Waals surface area (Å²) < 4.78 is 14.0. The number of rotatable bonds is 4. The molecule has 0 radical (unpaired) electrons. The monoisotopic (exact) mass is 342 g/mol. The van der Waals surface area contributed by atoms with Crippen LogP contribution in [0, 0.1) is 11.2 Å². The normalized spacial score (nSPS) is 24.4. The van der Waals surface area contributed by atoms with Gasteiger partial charge in [-0.05, 0) is 31.9 Å². The molecule has 1 N–H and O–H groups in total. The fourth-order valence-corrected chi connectivity index (χ4v) is 4.20. The number of imidazole rings is 1. The minimum atomic E-state index is -0.309. The van der Waals surface area contributed by atoms with Crippen molar-refractivity contribution in [1.82, 2.24) is 19.8 Å². The van der Waals surface area contributed by atoms with Crippen LogP contribution < -0.4 is 0 Å². The van der Waals surface area contributed by atoms with Gasteiger partial charge in [-0.15, -0.1) is 0 Å². The average molecular weight is 342 g/mol. The van der Waals surface area contributed by atoms with Crippen molar-refractivity contribution in [1.29, 1.82) is 0 Å². The molecule has 132 valence electrons. The van der Waals surface area contributed by atoms with E-state index >= 15 is 0 Å². The second kappa shape index (κ2) is 6.59. The van der Waals surface area contributed by atoms with Crippen molar-refractivity contribution in [2.75, 3.05) is 19.6 Å². The minimum absolute atomic E-state index is 0.184. The summed E-state index contributed by atoms with van der Waals surface area (Å²) in [5.41, 5.74) is 0.286. The van der Waals surface area contributed by atoms with Gasteiger partial charge in [0.05, 0.1) is 12.0 Å². The lowest BCUT2D eigenvalue weighted by atomic mass is 9.78. The Hall–Kier alpha value is -2.21. The van der Waals surface area contributed by atoms with Crippen molar-refractivity contribution >= 4 is 5.91 Å². The van der Waals surface area contributed by atoms with Crippen LogP contribution in [0.4, 0.5) is 4.39 Å². The van der Waals surface area contributed by atoms with E-state index in [4.69, 9.17) is 0 Å². The standard InChI is InChI=1S/C19H23FN4O/c20-16-5-2-1-4-15(16)12-24-10-3-6-19(18(24)25)7-11-23(14-19)13-17-21-8-9-22-17/h1-2,4-5,8-9H,3,6-7,10-14H2,(H,21,22). The summed E-state index contributed by atoms with van der Waals surface area (Å²) in [5, 5.41) is 0. The Morgan fingerprint density at radius 1 is 1.20 bits per heavy atom. The molecule has 1 amide bonds. The third-order valence-electron chi connectivity index (χ3n) is 5.50. The number of likely N-dealkylation sites (tertiary alicyclic amines) is 2. The molecule has 1 atom stereocenters. The first-order valence-corrected chi connectivity index (χ1v) is 8.90. The van der Waals surface area contributed by atoms with Gasteiger partial charge in [0.1, 0.15) is 11.6 Å². The zero-order valence-electron chi connectivity index (χ0n) is 14.2. The Labute approximate surface area is 146 Å². The van der Waals surface area contributed by atoms with Gasteiger partial charge < -0.3 is 9.88 Å². The van der Waals surface area contributed by atoms with E-state index < -0.39 is 0 Å². The minimum Gasteiger partial charge on any atom is -0.348 e. The first-order chi connectivity index (χ1) is 12.2. The lowest BCUT2D eigenvalue weighted by Gasteiger charge is -2.39. The van der Waals surface area contributed by atoms with E-state index in [-0.39, 0.29) is 17.1 Å². The molecule has 0 saturated carbocycles. The van der Waals surface area contributed by atoms with Crippen molar-refractivity contribution in [2.24, 2.45) is 5.41 Å². The fraction of sp³-hybridized carbons (Fsp3) is 0.474. The van der Waals surface area contributed by atoms with E-state index in [2.05, 4.69) is 14.9 Å². The molecular weight excluding hydrogens is 319 g/mol. The number of amides is 1. The van der Waals surface area contributed by atoms with E-state index in [1.165, 1.54) is 6.07 Å². The van der Waals surface area contributed by atoms with Crippen LogP contribution in [0.1, 0.15) is 30.7 Å². The highest BCUT2D eigenvalue weighted by atomic mass is 19.1. The lowest BCUT2D eigenvalue weighted by molar-refractivity contribution is -0.146. The van der Waals surface area contributed by atoms with E-state index in [1.807, 2.05) is 17.2 Å². The summed E-state index contributed by atoms with van der Waals surface area (Å²) in [7, 11) is 0. The van der Waals surface area contributed by atoms with Crippen LogP contribution in [-0.2, 0) is 17.9 Å². The van der Waals surface area contributed by atoms with Crippen molar-refractivity contribution < 1.29 is 9.18 Å². The Morgan fingerprint density at radius 3 is 2.88 bits per heavy atom. The third-order valence-corrected chi connectivity index (χ3v) is 5.50. The summed E-state index contributed by atoms with van der Waals surface area (Å²) in [5.74, 6) is 0.883. The third kappa shape index (κ3) is 3.18. The quantitative estimate of drug-likeness (QED) is 0.929. The van der Waals surface area contributed by atoms with Gasteiger partial charge in [0.15, 0.2) is 0 Å². The predicted molar refractivity (Wildman–Crippen MR) is 92.0 cm³/mol. The van der Waals surface area contributed by atoms with Gasteiger partial charge in [-0.25, -0.2) is 9.37 Å². The number of carbonyl (C=O) groups excluding carboxylic acids is 1. The first kappa shape index (κ1) is 16.3. The molecule has 2 saturated heterocycles. The highest BCUT2D eigenvalue weighted by molar-refractivity contribution is 5.84. The number of halogens is 1. The average Bonchev–Trinajstić information content (AvgIpc) is 3.25. The molecule has 5 nitrogen and oxygen atoms in total. The van der Waals surface area contributed by atoms with Gasteiger partial charge >= 0.3 is 0 Å². The SMILES string of the molecule is O=C1N(Cc2ccccc2F)CCCC12CCN(Cc1ncc[nH]1)C2. The van der Waals surface area contributed by atoms with E-state index in [1.54, 1.807) is 18.3 Å². The fourth-order valence-electron chi connectivity index (χ4n) is 4.20. The maximum atomic E-state index is 14.0. The van der Waals surface area contributed by atoms with Crippen LogP contribution in [0.15, 0.2) is 36.7 Å². The van der Waals surface area contributed by atoms with E-state index in [9.17, 15) is 9.18 Å². The summed E-state index contributed by atoms with van der Waals surface area (Å²) in [6, 6.07) is 6.73. The highest BCUT2D eigenvalue weighted by Crippen LogP contribution is 2.40. The lowest BCUT2D eigenvalue weighted by Crippen LogP contribution is -2.49. The van der Waals surface area contributed by atoms with Crippen molar-refractivity contribution in [2.45, 2.75) is 32.4 Å². The molecule has 0 bridgehead atoms. The van der Waals surface area contributed by atoms with E-state index in [0.717, 1.165) is 44.7 Å². The molecule has 0 aliphatic carbocycles. The molecule has 1 unspecified atom stereocenters. The number of hydrogen-bond acceptors (Lipinski definition) is 3. The van der Waals surface area contributed by atoms with E-state index in [0.29, 0.717) is 18.7 Å². The molecule has 1 spiro atoms. The zero-order valence-corrected chi connectivity index (χ0v) is 14.2. The first-order valence-electron chi connectivity index (χ1n) is 8.90. The number of aromatic nitrogens is 2. The largest absolute Gasteiger partial charge is 0.348 e. The van der Waals surface area contributed by atoms with Crippen LogP contribution in [0.25, 0.3) is 0 Å². The summed E-state index contributed by atoms with van der Waals surface area (Å²) in [6.07, 6.45) is 6.36. The van der Waals surface area contributed by atoms with Gasteiger partial charge in [0.2, 0.25) is 5.91 Å². The molecule has 3 heterocycles. The topological polar surface area (TPSA) is 52.2 Å². The van der Waals surface area contributed by atoms with Crippen LogP contribution in [0.2, 0.25) is 0 Å². The summed E-state index contributed by atoms with van der Waals surface area (Å²) in [6.45, 7) is 3.49. The van der Waals surface area contributed by atoms with Crippen LogP contribution in [0.5, 0.6) is 0 Å². The van der Waals surface area contributed by atoms with Crippen molar-refractivity contribution in [3.05, 3.63) is 53.9 Å². The Kier molecular flexibility index (Phi) is 4.29. The van der Waals surface area contributed by atoms with Crippen LogP contribution >= 0.6 is 0 Å². The predicted octanol–water partition coefficient (Wildman–Crippen LogP) is 2.56. The summed E-state index contributed by atoms with van der Waals surface area (Å²) >= 11 is 0. The number of benzene rings is 1. The zero-order chi connectivity index (χ0) is 17.3. The van der Waals surface area contributed by atoms with Crippen molar-refractivity contribution in [3.8, 4) is 0 Å². The number of aromatic amines is 1. The molecule has 2 aliphatic rings. The number of H-pyrrole nitrogens is 1. The number of nitrogens with zero attached hydrogens (tertiary/aromatic N) is 3. The molecule has 2 aromatic rings. The van der Waals surface area contributed by atoms with Gasteiger partial charge in [-0.2, -0.15) is 0 Å². The molecule has 6 heteroatoms. The molecule has 2 aliphatic heterocycles. The maximum absolute atomic E-state index is 14.0. The van der Waals surface area contributed by atoms with Crippen LogP contribution in [0.3, 0.4) is 0 Å². The molecule has 25 heavy (non-hydrogen) atoms.